The molecule has 4 nitrogen and oxygen atoms in total. The second-order valence-corrected chi connectivity index (χ2v) is 1.76. The molecule has 0 radical (unpaired) electrons. The Morgan fingerprint density at radius 2 is 2.56 bits per heavy atom. The van der Waals surface area contributed by atoms with Crippen molar-refractivity contribution in [2.45, 2.75) is 6.54 Å². The summed E-state index contributed by atoms with van der Waals surface area (Å²) in [6.45, 7) is 0.681. The lowest BCUT2D eigenvalue weighted by molar-refractivity contribution is 0.276. The van der Waals surface area contributed by atoms with E-state index in [2.05, 4.69) is 4.98 Å². The highest BCUT2D eigenvalue weighted by Crippen LogP contribution is 1.94. The third-order valence-corrected chi connectivity index (χ3v) is 1.01. The predicted molar refractivity (Wildman–Crippen MR) is 33.7 cm³/mol. The van der Waals surface area contributed by atoms with E-state index in [4.69, 9.17) is 10.8 Å². The van der Waals surface area contributed by atoms with Gasteiger partial charge in [0.15, 0.2) is 0 Å². The van der Waals surface area contributed by atoms with Gasteiger partial charge in [-0.1, -0.05) is 0 Å². The van der Waals surface area contributed by atoms with Crippen LogP contribution in [-0.2, 0) is 6.54 Å². The summed E-state index contributed by atoms with van der Waals surface area (Å²) in [5.74, 6) is 0.489. The maximum absolute atomic E-state index is 8.44. The number of hydrogen-bond donors (Lipinski definition) is 2. The molecule has 0 aliphatic carbocycles. The van der Waals surface area contributed by atoms with Crippen molar-refractivity contribution in [3.8, 4) is 0 Å². The number of nitrogens with two attached hydrogens (primary N) is 1. The van der Waals surface area contributed by atoms with Gasteiger partial charge in [-0.15, -0.1) is 0 Å². The zero-order valence-corrected chi connectivity index (χ0v) is 4.99. The molecule has 3 N–H and O–H groups in total. The Morgan fingerprint density at radius 3 is 3.00 bits per heavy atom. The van der Waals surface area contributed by atoms with Gasteiger partial charge in [-0.25, -0.2) is 4.98 Å². The van der Waals surface area contributed by atoms with Crippen LogP contribution in [0.5, 0.6) is 0 Å². The van der Waals surface area contributed by atoms with Crippen LogP contribution in [0.3, 0.4) is 0 Å². The summed E-state index contributed by atoms with van der Waals surface area (Å²) < 4.78 is 1.73. The van der Waals surface area contributed by atoms with Crippen LogP contribution in [0, 0.1) is 0 Å². The van der Waals surface area contributed by atoms with Crippen LogP contribution in [0.2, 0.25) is 0 Å². The molecular weight excluding hydrogens is 118 g/mol. The summed E-state index contributed by atoms with van der Waals surface area (Å²) in [4.78, 5) is 3.76. The molecule has 0 saturated carbocycles. The number of anilines is 1. The Hall–Kier alpha value is -1.03. The van der Waals surface area contributed by atoms with Gasteiger partial charge in [0.05, 0.1) is 12.9 Å². The minimum absolute atomic E-state index is 0.121. The molecule has 0 spiro atoms. The second-order valence-electron chi connectivity index (χ2n) is 1.76. The first-order chi connectivity index (χ1) is 4.33. The Balaban J connectivity index is 2.61. The third kappa shape index (κ3) is 1.43. The van der Waals surface area contributed by atoms with E-state index in [0.29, 0.717) is 12.4 Å². The van der Waals surface area contributed by atoms with Crippen LogP contribution in [0.1, 0.15) is 0 Å². The van der Waals surface area contributed by atoms with Crippen molar-refractivity contribution in [1.29, 1.82) is 0 Å². The van der Waals surface area contributed by atoms with E-state index < -0.39 is 0 Å². The van der Waals surface area contributed by atoms with E-state index in [0.717, 1.165) is 0 Å². The molecule has 0 bridgehead atoms. The lowest BCUT2D eigenvalue weighted by Crippen LogP contribution is -1.98. The first-order valence-electron chi connectivity index (χ1n) is 2.71. The predicted octanol–water partition coefficient (Wildman–Crippen LogP) is -0.542. The van der Waals surface area contributed by atoms with Crippen molar-refractivity contribution in [1.82, 2.24) is 9.55 Å². The van der Waals surface area contributed by atoms with Gasteiger partial charge in [-0.2, -0.15) is 0 Å². The highest BCUT2D eigenvalue weighted by Gasteiger charge is 1.89. The van der Waals surface area contributed by atoms with Crippen LogP contribution in [0.25, 0.3) is 0 Å². The molecule has 0 aliphatic rings. The number of aliphatic hydroxyl groups excluding tert-OH is 1. The molecular formula is C5H9N3O. The van der Waals surface area contributed by atoms with E-state index >= 15 is 0 Å². The minimum atomic E-state index is 0.121. The molecule has 1 heterocycles. The SMILES string of the molecule is Nc1cn(CCO)cn1. The summed E-state index contributed by atoms with van der Waals surface area (Å²) in [6.07, 6.45) is 3.27. The Morgan fingerprint density at radius 1 is 1.78 bits per heavy atom. The average molecular weight is 127 g/mol. The number of rotatable bonds is 2. The topological polar surface area (TPSA) is 64.1 Å². The number of nitrogen functional groups attached to an aromatic ring is 1. The highest BCUT2D eigenvalue weighted by molar-refractivity contribution is 5.22. The minimum Gasteiger partial charge on any atom is -0.395 e. The lowest BCUT2D eigenvalue weighted by Gasteiger charge is -1.93. The van der Waals surface area contributed by atoms with Gasteiger partial charge in [0.1, 0.15) is 5.82 Å². The average Bonchev–Trinajstić information content (AvgIpc) is 2.17. The van der Waals surface area contributed by atoms with Gasteiger partial charge in [-0.05, 0) is 0 Å². The largest absolute Gasteiger partial charge is 0.395 e. The third-order valence-electron chi connectivity index (χ3n) is 1.01. The van der Waals surface area contributed by atoms with Gasteiger partial charge in [0, 0.05) is 12.7 Å². The molecule has 0 atom stereocenters. The van der Waals surface area contributed by atoms with E-state index in [1.165, 1.54) is 0 Å². The van der Waals surface area contributed by atoms with Crippen LogP contribution in [0.4, 0.5) is 5.82 Å². The summed E-state index contributed by atoms with van der Waals surface area (Å²) in [5, 5.41) is 8.44. The van der Waals surface area contributed by atoms with Gasteiger partial charge in [0.25, 0.3) is 0 Å². The smallest absolute Gasteiger partial charge is 0.141 e. The number of nitrogens with zero attached hydrogens (tertiary/aromatic N) is 2. The molecule has 4 heteroatoms. The molecule has 0 aliphatic heterocycles. The van der Waals surface area contributed by atoms with Gasteiger partial charge < -0.3 is 15.4 Å². The molecule has 1 aromatic heterocycles. The second kappa shape index (κ2) is 2.50. The van der Waals surface area contributed by atoms with Crippen molar-refractivity contribution in [2.75, 3.05) is 12.3 Å². The Kier molecular flexibility index (Phi) is 1.69. The summed E-state index contributed by atoms with van der Waals surface area (Å²) in [5.41, 5.74) is 5.30. The zero-order valence-electron chi connectivity index (χ0n) is 4.99. The fourth-order valence-corrected chi connectivity index (χ4v) is 0.615. The fraction of sp³-hybridized carbons (Fsp3) is 0.400. The Bertz CT molecular complexity index is 184. The summed E-state index contributed by atoms with van der Waals surface area (Å²) in [7, 11) is 0. The standard InChI is InChI=1S/C5H9N3O/c6-5-3-8(1-2-9)4-7-5/h3-4,9H,1-2,6H2. The molecule has 9 heavy (non-hydrogen) atoms. The molecule has 0 aromatic carbocycles. The van der Waals surface area contributed by atoms with E-state index in [-0.39, 0.29) is 6.61 Å². The molecule has 0 unspecified atom stereocenters. The molecule has 1 aromatic rings. The number of hydrogen-bond acceptors (Lipinski definition) is 3. The molecule has 0 fully saturated rings. The van der Waals surface area contributed by atoms with Gasteiger partial charge >= 0.3 is 0 Å². The van der Waals surface area contributed by atoms with Crippen LogP contribution in [0.15, 0.2) is 12.5 Å². The maximum Gasteiger partial charge on any atom is 0.141 e. The van der Waals surface area contributed by atoms with Crippen molar-refractivity contribution >= 4 is 5.82 Å². The molecule has 0 amide bonds. The van der Waals surface area contributed by atoms with Crippen LogP contribution >= 0.6 is 0 Å². The highest BCUT2D eigenvalue weighted by atomic mass is 16.3. The monoisotopic (exact) mass is 127 g/mol. The zero-order chi connectivity index (χ0) is 6.69. The summed E-state index contributed by atoms with van der Waals surface area (Å²) >= 11 is 0. The molecule has 50 valence electrons. The van der Waals surface area contributed by atoms with Crippen molar-refractivity contribution < 1.29 is 5.11 Å². The number of imidazole rings is 1. The lowest BCUT2D eigenvalue weighted by atomic mass is 10.6. The van der Waals surface area contributed by atoms with Gasteiger partial charge in [0.2, 0.25) is 0 Å². The van der Waals surface area contributed by atoms with E-state index in [1.54, 1.807) is 17.1 Å². The fourth-order valence-electron chi connectivity index (χ4n) is 0.615. The van der Waals surface area contributed by atoms with Crippen LogP contribution < -0.4 is 5.73 Å². The van der Waals surface area contributed by atoms with Crippen LogP contribution in [-0.4, -0.2) is 21.3 Å². The van der Waals surface area contributed by atoms with E-state index in [9.17, 15) is 0 Å². The van der Waals surface area contributed by atoms with Crippen molar-refractivity contribution in [2.24, 2.45) is 0 Å². The quantitative estimate of drug-likeness (QED) is 0.560. The maximum atomic E-state index is 8.44. The van der Waals surface area contributed by atoms with Crippen molar-refractivity contribution in [3.63, 3.8) is 0 Å². The van der Waals surface area contributed by atoms with E-state index in [1.807, 2.05) is 0 Å². The Labute approximate surface area is 52.9 Å². The normalized spacial score (nSPS) is 9.89. The summed E-state index contributed by atoms with van der Waals surface area (Å²) in [6, 6.07) is 0. The molecule has 0 saturated heterocycles. The molecule has 1 rings (SSSR count). The first kappa shape index (κ1) is 6.10. The first-order valence-corrected chi connectivity index (χ1v) is 2.71. The van der Waals surface area contributed by atoms with Crippen molar-refractivity contribution in [3.05, 3.63) is 12.5 Å². The number of aliphatic hydroxyl groups is 1. The number of aromatic nitrogens is 2. The van der Waals surface area contributed by atoms with Gasteiger partial charge in [-0.3, -0.25) is 0 Å².